The van der Waals surface area contributed by atoms with Gasteiger partial charge in [0.2, 0.25) is 10.1 Å². The molecule has 1 aliphatic rings. The number of nitrogens with zero attached hydrogens (tertiary/aromatic N) is 2. The van der Waals surface area contributed by atoms with Crippen molar-refractivity contribution in [3.63, 3.8) is 0 Å². The molecule has 108 valence electrons. The third-order valence-electron chi connectivity index (χ3n) is 3.54. The van der Waals surface area contributed by atoms with Crippen LogP contribution in [0.4, 0.5) is 18.3 Å². The molecule has 0 aromatic carbocycles. The molecule has 1 fully saturated rings. The standard InChI is InChI=1S/C12H18F3N3S/c1-2-3-8-4-6-9(7-5-8)16-11-18-17-10(19-11)12(13,14)15/h8-9H,2-7H2,1H3,(H,16,18). The highest BCUT2D eigenvalue weighted by Gasteiger charge is 2.36. The number of anilines is 1. The van der Waals surface area contributed by atoms with Gasteiger partial charge in [-0.25, -0.2) is 0 Å². The predicted molar refractivity (Wildman–Crippen MR) is 69.2 cm³/mol. The van der Waals surface area contributed by atoms with Crippen molar-refractivity contribution in [3.8, 4) is 0 Å². The number of hydrogen-bond acceptors (Lipinski definition) is 4. The quantitative estimate of drug-likeness (QED) is 0.898. The molecule has 0 atom stereocenters. The predicted octanol–water partition coefficient (Wildman–Crippen LogP) is 4.33. The summed E-state index contributed by atoms with van der Waals surface area (Å²) in [6.45, 7) is 2.18. The van der Waals surface area contributed by atoms with E-state index in [1.54, 1.807) is 0 Å². The summed E-state index contributed by atoms with van der Waals surface area (Å²) in [6, 6.07) is 0.238. The van der Waals surface area contributed by atoms with Gasteiger partial charge in [-0.05, 0) is 31.6 Å². The van der Waals surface area contributed by atoms with Gasteiger partial charge in [-0.15, -0.1) is 10.2 Å². The van der Waals surface area contributed by atoms with Crippen LogP contribution in [0.15, 0.2) is 0 Å². The second-order valence-corrected chi connectivity index (χ2v) is 6.04. The lowest BCUT2D eigenvalue weighted by Crippen LogP contribution is -2.26. The maximum Gasteiger partial charge on any atom is 0.445 e. The van der Waals surface area contributed by atoms with Crippen molar-refractivity contribution in [1.29, 1.82) is 0 Å². The van der Waals surface area contributed by atoms with Crippen molar-refractivity contribution in [2.45, 2.75) is 57.7 Å². The Morgan fingerprint density at radius 1 is 1.21 bits per heavy atom. The van der Waals surface area contributed by atoms with Gasteiger partial charge in [0.15, 0.2) is 0 Å². The fourth-order valence-electron chi connectivity index (χ4n) is 2.57. The smallest absolute Gasteiger partial charge is 0.357 e. The number of hydrogen-bond donors (Lipinski definition) is 1. The molecular weight excluding hydrogens is 275 g/mol. The van der Waals surface area contributed by atoms with Crippen molar-refractivity contribution >= 4 is 16.5 Å². The summed E-state index contributed by atoms with van der Waals surface area (Å²) in [4.78, 5) is 0. The number of halogens is 3. The van der Waals surface area contributed by atoms with Gasteiger partial charge in [-0.1, -0.05) is 31.1 Å². The van der Waals surface area contributed by atoms with Crippen LogP contribution < -0.4 is 5.32 Å². The highest BCUT2D eigenvalue weighted by atomic mass is 32.1. The number of alkyl halides is 3. The minimum Gasteiger partial charge on any atom is -0.357 e. The molecule has 1 aromatic heterocycles. The Labute approximate surface area is 114 Å². The highest BCUT2D eigenvalue weighted by Crippen LogP contribution is 2.34. The van der Waals surface area contributed by atoms with E-state index >= 15 is 0 Å². The van der Waals surface area contributed by atoms with Crippen molar-refractivity contribution in [2.75, 3.05) is 5.32 Å². The summed E-state index contributed by atoms with van der Waals surface area (Å²) in [5.41, 5.74) is 0. The van der Waals surface area contributed by atoms with Crippen molar-refractivity contribution in [2.24, 2.45) is 5.92 Å². The van der Waals surface area contributed by atoms with E-state index in [2.05, 4.69) is 22.4 Å². The van der Waals surface area contributed by atoms with Crippen LogP contribution in [0.1, 0.15) is 50.5 Å². The van der Waals surface area contributed by atoms with Gasteiger partial charge in [0.25, 0.3) is 0 Å². The first-order valence-electron chi connectivity index (χ1n) is 6.66. The van der Waals surface area contributed by atoms with Crippen molar-refractivity contribution in [1.82, 2.24) is 10.2 Å². The van der Waals surface area contributed by atoms with Gasteiger partial charge < -0.3 is 5.32 Å². The maximum absolute atomic E-state index is 12.4. The van der Waals surface area contributed by atoms with Crippen molar-refractivity contribution < 1.29 is 13.2 Å². The van der Waals surface area contributed by atoms with E-state index < -0.39 is 11.2 Å². The Balaban J connectivity index is 1.84. The Morgan fingerprint density at radius 3 is 2.42 bits per heavy atom. The van der Waals surface area contributed by atoms with Gasteiger partial charge in [0, 0.05) is 6.04 Å². The normalized spacial score (nSPS) is 24.4. The lowest BCUT2D eigenvalue weighted by Gasteiger charge is -2.28. The SMILES string of the molecule is CCCC1CCC(Nc2nnc(C(F)(F)F)s2)CC1. The zero-order valence-electron chi connectivity index (χ0n) is 10.8. The van der Waals surface area contributed by atoms with E-state index in [1.807, 2.05) is 0 Å². The molecule has 0 radical (unpaired) electrons. The number of nitrogens with one attached hydrogen (secondary N) is 1. The van der Waals surface area contributed by atoms with E-state index in [-0.39, 0.29) is 11.2 Å². The fraction of sp³-hybridized carbons (Fsp3) is 0.833. The van der Waals surface area contributed by atoms with Crippen LogP contribution in [0.25, 0.3) is 0 Å². The van der Waals surface area contributed by atoms with Gasteiger partial charge in [0.1, 0.15) is 0 Å². The summed E-state index contributed by atoms with van der Waals surface area (Å²) in [5, 5.41) is 9.23. The first kappa shape index (κ1) is 14.6. The second-order valence-electron chi connectivity index (χ2n) is 5.06. The molecule has 1 N–H and O–H groups in total. The Hall–Kier alpha value is -0.850. The molecule has 0 spiro atoms. The van der Waals surface area contributed by atoms with E-state index in [0.717, 1.165) is 31.6 Å². The van der Waals surface area contributed by atoms with E-state index in [1.165, 1.54) is 12.8 Å². The average Bonchev–Trinajstić information content (AvgIpc) is 2.80. The number of aromatic nitrogens is 2. The Bertz CT molecular complexity index is 397. The summed E-state index contributed by atoms with van der Waals surface area (Å²) in [6.07, 6.45) is 2.37. The zero-order valence-corrected chi connectivity index (χ0v) is 11.7. The van der Waals surface area contributed by atoms with Crippen LogP contribution in [0.2, 0.25) is 0 Å². The summed E-state index contributed by atoms with van der Waals surface area (Å²) in [5.74, 6) is 0.781. The second kappa shape index (κ2) is 6.07. The highest BCUT2D eigenvalue weighted by molar-refractivity contribution is 7.15. The minimum atomic E-state index is -4.39. The van der Waals surface area contributed by atoms with Gasteiger partial charge >= 0.3 is 6.18 Å². The molecule has 0 aliphatic heterocycles. The molecule has 7 heteroatoms. The number of rotatable bonds is 4. The molecule has 1 aromatic rings. The third-order valence-corrected chi connectivity index (χ3v) is 4.44. The van der Waals surface area contributed by atoms with E-state index in [0.29, 0.717) is 11.3 Å². The van der Waals surface area contributed by atoms with Crippen LogP contribution in [0.3, 0.4) is 0 Å². The molecule has 0 saturated heterocycles. The van der Waals surface area contributed by atoms with Crippen LogP contribution in [-0.4, -0.2) is 16.2 Å². The zero-order chi connectivity index (χ0) is 13.9. The molecule has 1 aliphatic carbocycles. The molecule has 1 heterocycles. The molecule has 2 rings (SSSR count). The Kier molecular flexibility index (Phi) is 4.65. The molecule has 3 nitrogen and oxygen atoms in total. The summed E-state index contributed by atoms with van der Waals surface area (Å²) < 4.78 is 37.2. The molecular formula is C12H18F3N3S. The lowest BCUT2D eigenvalue weighted by atomic mass is 9.83. The van der Waals surface area contributed by atoms with Crippen LogP contribution in [0, 0.1) is 5.92 Å². The molecule has 0 bridgehead atoms. The van der Waals surface area contributed by atoms with Crippen LogP contribution in [0.5, 0.6) is 0 Å². The molecule has 0 amide bonds. The fourth-order valence-corrected chi connectivity index (χ4v) is 3.26. The lowest BCUT2D eigenvalue weighted by molar-refractivity contribution is -0.138. The summed E-state index contributed by atoms with van der Waals surface area (Å²) in [7, 11) is 0. The van der Waals surface area contributed by atoms with Crippen LogP contribution in [-0.2, 0) is 6.18 Å². The summed E-state index contributed by atoms with van der Waals surface area (Å²) >= 11 is 0.586. The first-order chi connectivity index (χ1) is 8.99. The monoisotopic (exact) mass is 293 g/mol. The van der Waals surface area contributed by atoms with E-state index in [4.69, 9.17) is 0 Å². The topological polar surface area (TPSA) is 37.8 Å². The van der Waals surface area contributed by atoms with E-state index in [9.17, 15) is 13.2 Å². The Morgan fingerprint density at radius 2 is 1.89 bits per heavy atom. The largest absolute Gasteiger partial charge is 0.445 e. The average molecular weight is 293 g/mol. The minimum absolute atomic E-state index is 0.238. The molecule has 19 heavy (non-hydrogen) atoms. The first-order valence-corrected chi connectivity index (χ1v) is 7.48. The maximum atomic E-state index is 12.4. The van der Waals surface area contributed by atoms with Crippen LogP contribution >= 0.6 is 11.3 Å². The molecule has 0 unspecified atom stereocenters. The third kappa shape index (κ3) is 4.06. The van der Waals surface area contributed by atoms with Gasteiger partial charge in [-0.3, -0.25) is 0 Å². The van der Waals surface area contributed by atoms with Gasteiger partial charge in [0.05, 0.1) is 0 Å². The molecule has 1 saturated carbocycles. The van der Waals surface area contributed by atoms with Crippen molar-refractivity contribution in [3.05, 3.63) is 5.01 Å². The van der Waals surface area contributed by atoms with Gasteiger partial charge in [-0.2, -0.15) is 13.2 Å².